The second-order valence-electron chi connectivity index (χ2n) is 3.60. The van der Waals surface area contributed by atoms with E-state index in [0.717, 1.165) is 13.1 Å². The van der Waals surface area contributed by atoms with Crippen LogP contribution in [0.3, 0.4) is 0 Å². The van der Waals surface area contributed by atoms with Crippen molar-refractivity contribution >= 4 is 39.1 Å². The highest BCUT2D eigenvalue weighted by molar-refractivity contribution is 9.10. The molecule has 0 bridgehead atoms. The van der Waals surface area contributed by atoms with Crippen molar-refractivity contribution in [3.63, 3.8) is 0 Å². The van der Waals surface area contributed by atoms with Crippen molar-refractivity contribution in [1.82, 2.24) is 14.9 Å². The van der Waals surface area contributed by atoms with E-state index >= 15 is 0 Å². The highest BCUT2D eigenvalue weighted by Gasteiger charge is 2.23. The first-order valence-corrected chi connectivity index (χ1v) is 6.31. The number of nitrogens with zero attached hydrogens (tertiary/aromatic N) is 3. The number of hydrogen-bond donors (Lipinski definition) is 0. The van der Waals surface area contributed by atoms with Gasteiger partial charge in [-0.3, -0.25) is 0 Å². The van der Waals surface area contributed by atoms with Gasteiger partial charge in [-0.15, -0.1) is 0 Å². The van der Waals surface area contributed by atoms with Gasteiger partial charge in [-0.2, -0.15) is 0 Å². The Kier molecular flexibility index (Phi) is 4.02. The molecule has 2 heterocycles. The molecular formula is C9H10BrCl2N3O. The van der Waals surface area contributed by atoms with E-state index in [-0.39, 0.29) is 6.10 Å². The number of morpholine rings is 1. The van der Waals surface area contributed by atoms with Gasteiger partial charge in [-0.1, -0.05) is 23.2 Å². The number of likely N-dealkylation sites (N-methyl/N-ethyl adjacent to an activating group) is 1. The first-order valence-electron chi connectivity index (χ1n) is 4.76. The Hall–Kier alpha value is 0.0600. The Balaban J connectivity index is 2.26. The smallest absolute Gasteiger partial charge is 0.161 e. The summed E-state index contributed by atoms with van der Waals surface area (Å²) in [7, 11) is 2.03. The van der Waals surface area contributed by atoms with Crippen LogP contribution in [0.15, 0.2) is 4.47 Å². The molecule has 88 valence electrons. The van der Waals surface area contributed by atoms with Crippen molar-refractivity contribution in [3.8, 4) is 0 Å². The second kappa shape index (κ2) is 5.14. The summed E-state index contributed by atoms with van der Waals surface area (Å²) in [5, 5.41) is 0.624. The summed E-state index contributed by atoms with van der Waals surface area (Å²) in [6.07, 6.45) is -0.165. The number of hydrogen-bond acceptors (Lipinski definition) is 4. The molecule has 1 aromatic rings. The van der Waals surface area contributed by atoms with Gasteiger partial charge in [-0.05, 0) is 23.0 Å². The van der Waals surface area contributed by atoms with Crippen LogP contribution < -0.4 is 0 Å². The molecule has 2 rings (SSSR count). The molecular weight excluding hydrogens is 317 g/mol. The Morgan fingerprint density at radius 1 is 1.38 bits per heavy atom. The Labute approximate surface area is 112 Å². The van der Waals surface area contributed by atoms with E-state index in [1.165, 1.54) is 0 Å². The summed E-state index contributed by atoms with van der Waals surface area (Å²) in [4.78, 5) is 10.5. The van der Waals surface area contributed by atoms with E-state index in [1.807, 2.05) is 7.05 Å². The molecule has 1 fully saturated rings. The fourth-order valence-electron chi connectivity index (χ4n) is 1.49. The maximum atomic E-state index is 5.92. The summed E-state index contributed by atoms with van der Waals surface area (Å²) >= 11 is 15.1. The quantitative estimate of drug-likeness (QED) is 0.743. The number of aromatic nitrogens is 2. The van der Waals surface area contributed by atoms with Crippen LogP contribution in [0.1, 0.15) is 11.9 Å². The molecule has 7 heteroatoms. The number of rotatable bonds is 1. The number of halogens is 3. The maximum absolute atomic E-state index is 5.92. The van der Waals surface area contributed by atoms with Crippen molar-refractivity contribution in [2.45, 2.75) is 6.10 Å². The van der Waals surface area contributed by atoms with Crippen molar-refractivity contribution in [2.24, 2.45) is 0 Å². The summed E-state index contributed by atoms with van der Waals surface area (Å²) in [6.45, 7) is 2.32. The van der Waals surface area contributed by atoms with Gasteiger partial charge in [0.1, 0.15) is 16.4 Å². The normalized spacial score (nSPS) is 22.4. The first-order chi connectivity index (χ1) is 7.58. The zero-order valence-electron chi connectivity index (χ0n) is 8.58. The van der Waals surface area contributed by atoms with Crippen LogP contribution in [-0.2, 0) is 4.74 Å². The van der Waals surface area contributed by atoms with Crippen molar-refractivity contribution in [1.29, 1.82) is 0 Å². The van der Waals surface area contributed by atoms with Gasteiger partial charge in [-0.25, -0.2) is 9.97 Å². The average molecular weight is 327 g/mol. The summed E-state index contributed by atoms with van der Waals surface area (Å²) in [5.74, 6) is 0.532. The SMILES string of the molecule is CN1CCOC(c2nc(Cl)c(Br)c(Cl)n2)C1. The second-order valence-corrected chi connectivity index (χ2v) is 5.11. The molecule has 0 radical (unpaired) electrons. The van der Waals surface area contributed by atoms with Gasteiger partial charge >= 0.3 is 0 Å². The largest absolute Gasteiger partial charge is 0.368 e. The minimum Gasteiger partial charge on any atom is -0.368 e. The molecule has 0 amide bonds. The minimum atomic E-state index is -0.165. The molecule has 4 nitrogen and oxygen atoms in total. The van der Waals surface area contributed by atoms with Crippen LogP contribution in [-0.4, -0.2) is 41.6 Å². The van der Waals surface area contributed by atoms with Crippen molar-refractivity contribution < 1.29 is 4.74 Å². The van der Waals surface area contributed by atoms with E-state index < -0.39 is 0 Å². The average Bonchev–Trinajstić information content (AvgIpc) is 2.25. The molecule has 1 saturated heterocycles. The van der Waals surface area contributed by atoms with Crippen LogP contribution in [0.4, 0.5) is 0 Å². The van der Waals surface area contributed by atoms with Gasteiger partial charge in [0.2, 0.25) is 0 Å². The molecule has 1 aliphatic rings. The molecule has 1 aromatic heterocycles. The zero-order valence-corrected chi connectivity index (χ0v) is 11.7. The lowest BCUT2D eigenvalue weighted by Crippen LogP contribution is -2.36. The van der Waals surface area contributed by atoms with Crippen LogP contribution in [0.5, 0.6) is 0 Å². The third kappa shape index (κ3) is 2.65. The Morgan fingerprint density at radius 3 is 2.56 bits per heavy atom. The summed E-state index contributed by atoms with van der Waals surface area (Å²) in [5.41, 5.74) is 0. The first kappa shape index (κ1) is 12.5. The summed E-state index contributed by atoms with van der Waals surface area (Å²) < 4.78 is 6.10. The van der Waals surface area contributed by atoms with E-state index in [1.54, 1.807) is 0 Å². The van der Waals surface area contributed by atoms with E-state index in [0.29, 0.717) is 27.2 Å². The molecule has 1 unspecified atom stereocenters. The predicted octanol–water partition coefficient (Wildman–Crippen LogP) is 2.55. The fraction of sp³-hybridized carbons (Fsp3) is 0.556. The fourth-order valence-corrected chi connectivity index (χ4v) is 2.07. The zero-order chi connectivity index (χ0) is 11.7. The third-order valence-corrected chi connectivity index (χ3v) is 4.10. The minimum absolute atomic E-state index is 0.165. The van der Waals surface area contributed by atoms with Crippen LogP contribution in [0.25, 0.3) is 0 Å². The highest BCUT2D eigenvalue weighted by atomic mass is 79.9. The lowest BCUT2D eigenvalue weighted by Gasteiger charge is -2.29. The molecule has 1 atom stereocenters. The van der Waals surface area contributed by atoms with Gasteiger partial charge < -0.3 is 9.64 Å². The van der Waals surface area contributed by atoms with Crippen molar-refractivity contribution in [2.75, 3.05) is 26.7 Å². The van der Waals surface area contributed by atoms with Gasteiger partial charge in [0, 0.05) is 13.1 Å². The van der Waals surface area contributed by atoms with Gasteiger partial charge in [0.15, 0.2) is 5.82 Å². The molecule has 0 aliphatic carbocycles. The monoisotopic (exact) mass is 325 g/mol. The maximum Gasteiger partial charge on any atom is 0.161 e. The van der Waals surface area contributed by atoms with Gasteiger partial charge in [0.25, 0.3) is 0 Å². The lowest BCUT2D eigenvalue weighted by atomic mass is 10.2. The molecule has 0 aromatic carbocycles. The highest BCUT2D eigenvalue weighted by Crippen LogP contribution is 2.29. The van der Waals surface area contributed by atoms with E-state index in [4.69, 9.17) is 27.9 Å². The third-order valence-electron chi connectivity index (χ3n) is 2.35. The summed E-state index contributed by atoms with van der Waals surface area (Å²) in [6, 6.07) is 0. The van der Waals surface area contributed by atoms with Crippen LogP contribution in [0, 0.1) is 0 Å². The molecule has 1 aliphatic heterocycles. The van der Waals surface area contributed by atoms with Crippen molar-refractivity contribution in [3.05, 3.63) is 20.6 Å². The van der Waals surface area contributed by atoms with Gasteiger partial charge in [0.05, 0.1) is 11.1 Å². The van der Waals surface area contributed by atoms with E-state index in [9.17, 15) is 0 Å². The molecule has 0 N–H and O–H groups in total. The van der Waals surface area contributed by atoms with E-state index in [2.05, 4.69) is 30.8 Å². The molecule has 0 saturated carbocycles. The van der Waals surface area contributed by atoms with Crippen LogP contribution in [0.2, 0.25) is 10.3 Å². The Bertz CT molecular complexity index is 381. The Morgan fingerprint density at radius 2 is 2.00 bits per heavy atom. The molecule has 0 spiro atoms. The van der Waals surface area contributed by atoms with Crippen LogP contribution >= 0.6 is 39.1 Å². The predicted molar refractivity (Wildman–Crippen MR) is 65.9 cm³/mol. The lowest BCUT2D eigenvalue weighted by molar-refractivity contribution is -0.0255. The molecule has 16 heavy (non-hydrogen) atoms. The number of ether oxygens (including phenoxy) is 1. The standard InChI is InChI=1S/C9H10BrCl2N3O/c1-15-2-3-16-5(4-15)9-13-7(11)6(10)8(12)14-9/h5H,2-4H2,1H3. The topological polar surface area (TPSA) is 38.2 Å².